The molecule has 2 aromatic carbocycles. The van der Waals surface area contributed by atoms with E-state index in [1.807, 2.05) is 0 Å². The highest BCUT2D eigenvalue weighted by Crippen LogP contribution is 2.40. The summed E-state index contributed by atoms with van der Waals surface area (Å²) >= 11 is 0. The molecule has 0 aromatic heterocycles. The van der Waals surface area contributed by atoms with Crippen molar-refractivity contribution in [2.24, 2.45) is 5.92 Å². The topological polar surface area (TPSA) is 35.5 Å². The second-order valence-corrected chi connectivity index (χ2v) is 12.9. The Labute approximate surface area is 170 Å². The number of carbonyl (C=O) groups is 1. The van der Waals surface area contributed by atoms with Gasteiger partial charge in [0.05, 0.1) is 0 Å². The van der Waals surface area contributed by atoms with Gasteiger partial charge in [-0.05, 0) is 34.7 Å². The van der Waals surface area contributed by atoms with Gasteiger partial charge < -0.3 is 14.0 Å². The molecule has 1 fully saturated rings. The summed E-state index contributed by atoms with van der Waals surface area (Å²) in [4.78, 5) is 11.0. The molecular weight excluding hydrogens is 364 g/mol. The number of benzene rings is 2. The van der Waals surface area contributed by atoms with Crippen molar-refractivity contribution in [3.8, 4) is 0 Å². The van der Waals surface area contributed by atoms with Crippen molar-refractivity contribution < 1.29 is 14.0 Å². The maximum atomic E-state index is 11.0. The normalized spacial score (nSPS) is 20.7. The third kappa shape index (κ3) is 4.29. The zero-order valence-corrected chi connectivity index (χ0v) is 18.3. The predicted molar refractivity (Wildman–Crippen MR) is 116 cm³/mol. The molecule has 1 heterocycles. The van der Waals surface area contributed by atoms with E-state index in [1.165, 1.54) is 10.4 Å². The minimum absolute atomic E-state index is 0.0777. The lowest BCUT2D eigenvalue weighted by molar-refractivity contribution is -0.149. The lowest BCUT2D eigenvalue weighted by atomic mass is 9.96. The first-order valence-corrected chi connectivity index (χ1v) is 12.2. The second kappa shape index (κ2) is 9.16. The predicted octanol–water partition coefficient (Wildman–Crippen LogP) is 4.29. The number of rotatable bonds is 7. The molecule has 0 radical (unpaired) electrons. The molecule has 3 nitrogen and oxygen atoms in total. The molecular formula is C24H32O3Si. The van der Waals surface area contributed by atoms with Gasteiger partial charge in [0, 0.05) is 18.9 Å². The van der Waals surface area contributed by atoms with Crippen LogP contribution in [0.4, 0.5) is 0 Å². The molecule has 0 amide bonds. The van der Waals surface area contributed by atoms with Crippen LogP contribution in [0.3, 0.4) is 0 Å². The molecule has 0 N–H and O–H groups in total. The maximum Gasteiger partial charge on any atom is 0.264 e. The van der Waals surface area contributed by atoms with Gasteiger partial charge in [-0.15, -0.1) is 0 Å². The van der Waals surface area contributed by atoms with Crippen molar-refractivity contribution in [2.45, 2.75) is 57.8 Å². The Balaban J connectivity index is 2.09. The van der Waals surface area contributed by atoms with E-state index in [0.717, 1.165) is 32.2 Å². The highest BCUT2D eigenvalue weighted by molar-refractivity contribution is 6.99. The van der Waals surface area contributed by atoms with Crippen molar-refractivity contribution in [2.75, 3.05) is 6.61 Å². The molecule has 0 unspecified atom stereocenters. The van der Waals surface area contributed by atoms with Crippen LogP contribution < -0.4 is 10.4 Å². The van der Waals surface area contributed by atoms with Gasteiger partial charge in [0.1, 0.15) is 6.29 Å². The third-order valence-corrected chi connectivity index (χ3v) is 10.7. The zero-order chi connectivity index (χ0) is 20.0. The fraction of sp³-hybridized carbons (Fsp3) is 0.458. The minimum atomic E-state index is -2.63. The zero-order valence-electron chi connectivity index (χ0n) is 17.3. The summed E-state index contributed by atoms with van der Waals surface area (Å²) in [6.45, 7) is 7.56. The fourth-order valence-electron chi connectivity index (χ4n) is 4.38. The Morgan fingerprint density at radius 1 is 1.04 bits per heavy atom. The molecule has 0 aliphatic carbocycles. The van der Waals surface area contributed by atoms with Gasteiger partial charge in [0.2, 0.25) is 0 Å². The number of hydrogen-bond donors (Lipinski definition) is 0. The Kier molecular flexibility index (Phi) is 6.86. The molecule has 2 aromatic rings. The molecule has 0 bridgehead atoms. The number of carbonyl (C=O) groups excluding carboxylic acids is 1. The van der Waals surface area contributed by atoms with E-state index < -0.39 is 8.32 Å². The molecule has 1 aliphatic heterocycles. The molecule has 150 valence electrons. The quantitative estimate of drug-likeness (QED) is 0.517. The number of aldehydes is 1. The summed E-state index contributed by atoms with van der Waals surface area (Å²) in [5, 5.41) is 2.44. The van der Waals surface area contributed by atoms with Gasteiger partial charge in [-0.25, -0.2) is 0 Å². The molecule has 3 rings (SSSR count). The SMILES string of the molecule is CC(C)(C)[Si](O[C@@H]1OCCC[C@H]1CCC=O)(c1ccccc1)c1ccccc1. The average molecular weight is 397 g/mol. The highest BCUT2D eigenvalue weighted by Gasteiger charge is 2.52. The van der Waals surface area contributed by atoms with Crippen molar-refractivity contribution in [1.29, 1.82) is 0 Å². The first-order chi connectivity index (χ1) is 13.5. The molecule has 4 heteroatoms. The summed E-state index contributed by atoms with van der Waals surface area (Å²) in [6.07, 6.45) is 4.22. The fourth-order valence-corrected chi connectivity index (χ4v) is 9.00. The first-order valence-electron chi connectivity index (χ1n) is 10.3. The van der Waals surface area contributed by atoms with Crippen LogP contribution in [0.25, 0.3) is 0 Å². The summed E-state index contributed by atoms with van der Waals surface area (Å²) in [5.41, 5.74) is 0. The minimum Gasteiger partial charge on any atom is -0.382 e. The smallest absolute Gasteiger partial charge is 0.264 e. The summed E-state index contributed by atoms with van der Waals surface area (Å²) in [6, 6.07) is 21.3. The van der Waals surface area contributed by atoms with Crippen molar-refractivity contribution in [1.82, 2.24) is 0 Å². The van der Waals surface area contributed by atoms with Crippen LogP contribution in [0.5, 0.6) is 0 Å². The van der Waals surface area contributed by atoms with E-state index >= 15 is 0 Å². The lowest BCUT2D eigenvalue weighted by Crippen LogP contribution is -2.68. The van der Waals surface area contributed by atoms with Crippen molar-refractivity contribution in [3.05, 3.63) is 60.7 Å². The van der Waals surface area contributed by atoms with Crippen LogP contribution in [0.15, 0.2) is 60.7 Å². The van der Waals surface area contributed by atoms with Gasteiger partial charge in [0.25, 0.3) is 8.32 Å². The first kappa shape index (κ1) is 21.0. The molecule has 0 saturated carbocycles. The van der Waals surface area contributed by atoms with Crippen molar-refractivity contribution >= 4 is 25.0 Å². The van der Waals surface area contributed by atoms with Crippen LogP contribution in [-0.4, -0.2) is 27.5 Å². The Morgan fingerprint density at radius 3 is 2.11 bits per heavy atom. The van der Waals surface area contributed by atoms with E-state index in [0.29, 0.717) is 6.42 Å². The number of ether oxygens (including phenoxy) is 1. The second-order valence-electron chi connectivity index (χ2n) is 8.67. The summed E-state index contributed by atoms with van der Waals surface area (Å²) < 4.78 is 13.3. The largest absolute Gasteiger partial charge is 0.382 e. The van der Waals surface area contributed by atoms with Crippen LogP contribution in [0.1, 0.15) is 46.5 Å². The summed E-state index contributed by atoms with van der Waals surface area (Å²) in [5.74, 6) is 0.264. The van der Waals surface area contributed by atoms with Gasteiger partial charge in [-0.1, -0.05) is 81.4 Å². The number of hydrogen-bond acceptors (Lipinski definition) is 3. The molecule has 1 saturated heterocycles. The highest BCUT2D eigenvalue weighted by atomic mass is 28.4. The van der Waals surface area contributed by atoms with Crippen LogP contribution >= 0.6 is 0 Å². The molecule has 1 aliphatic rings. The monoisotopic (exact) mass is 396 g/mol. The maximum absolute atomic E-state index is 11.0. The van der Waals surface area contributed by atoms with E-state index in [4.69, 9.17) is 9.16 Å². The standard InChI is InChI=1S/C24H32O3Si/c1-24(2,3)28(21-14-6-4-7-15-21,22-16-8-5-9-17-22)27-23-20(12-10-18-25)13-11-19-26-23/h4-9,14-18,20,23H,10-13,19H2,1-3H3/t20-,23+/m1/s1. The third-order valence-electron chi connectivity index (χ3n) is 5.75. The summed E-state index contributed by atoms with van der Waals surface area (Å²) in [7, 11) is -2.63. The van der Waals surface area contributed by atoms with Crippen LogP contribution in [0.2, 0.25) is 5.04 Å². The Morgan fingerprint density at radius 2 is 1.61 bits per heavy atom. The van der Waals surface area contributed by atoms with Crippen molar-refractivity contribution in [3.63, 3.8) is 0 Å². The van der Waals surface area contributed by atoms with Gasteiger partial charge in [-0.2, -0.15) is 0 Å². The van der Waals surface area contributed by atoms with Crippen LogP contribution in [-0.2, 0) is 14.0 Å². The van der Waals surface area contributed by atoms with Crippen LogP contribution in [0, 0.1) is 5.92 Å². The lowest BCUT2D eigenvalue weighted by Gasteiger charge is -2.47. The van der Waals surface area contributed by atoms with Gasteiger partial charge >= 0.3 is 0 Å². The van der Waals surface area contributed by atoms with E-state index in [-0.39, 0.29) is 17.2 Å². The molecule has 28 heavy (non-hydrogen) atoms. The molecule has 0 spiro atoms. The Hall–Kier alpha value is -1.75. The van der Waals surface area contributed by atoms with Gasteiger partial charge in [0.15, 0.2) is 6.29 Å². The van der Waals surface area contributed by atoms with Gasteiger partial charge in [-0.3, -0.25) is 0 Å². The molecule has 2 atom stereocenters. The Bertz CT molecular complexity index is 700. The van der Waals surface area contributed by atoms with E-state index in [9.17, 15) is 4.79 Å². The average Bonchev–Trinajstić information content (AvgIpc) is 2.71. The van der Waals surface area contributed by atoms with E-state index in [2.05, 4.69) is 81.4 Å². The van der Waals surface area contributed by atoms with E-state index in [1.54, 1.807) is 0 Å².